The predicted octanol–water partition coefficient (Wildman–Crippen LogP) is 0.809. The van der Waals surface area contributed by atoms with Crippen LogP contribution in [0.1, 0.15) is 28.5 Å². The normalized spacial score (nSPS) is 12.3. The van der Waals surface area contributed by atoms with E-state index in [1.807, 2.05) is 13.8 Å². The molecule has 1 aromatic heterocycles. The Kier molecular flexibility index (Phi) is 3.80. The highest BCUT2D eigenvalue weighted by molar-refractivity contribution is 5.95. The van der Waals surface area contributed by atoms with Gasteiger partial charge in [0.1, 0.15) is 0 Å². The number of rotatable bonds is 3. The van der Waals surface area contributed by atoms with Crippen molar-refractivity contribution in [2.45, 2.75) is 26.9 Å². The molecule has 0 saturated carbocycles. The quantitative estimate of drug-likeness (QED) is 0.772. The van der Waals surface area contributed by atoms with E-state index in [9.17, 15) is 4.79 Å². The van der Waals surface area contributed by atoms with Crippen molar-refractivity contribution >= 4 is 5.91 Å². The van der Waals surface area contributed by atoms with Crippen LogP contribution in [0.25, 0.3) is 0 Å². The van der Waals surface area contributed by atoms with E-state index in [0.717, 1.165) is 11.3 Å². The fraction of sp³-hybridized carbons (Fsp3) is 0.455. The zero-order valence-electron chi connectivity index (χ0n) is 9.24. The van der Waals surface area contributed by atoms with Crippen molar-refractivity contribution in [2.75, 3.05) is 6.54 Å². The van der Waals surface area contributed by atoms with Gasteiger partial charge in [-0.05, 0) is 32.4 Å². The summed E-state index contributed by atoms with van der Waals surface area (Å²) in [5, 5.41) is 11.7. The lowest BCUT2D eigenvalue weighted by molar-refractivity contribution is 0.0923. The molecule has 0 unspecified atom stereocenters. The summed E-state index contributed by atoms with van der Waals surface area (Å²) in [6, 6.07) is 1.68. The number of nitrogens with zero attached hydrogens (tertiary/aromatic N) is 1. The standard InChI is InChI=1S/C11H16N2O2/c1-7(14)6-13-11(15)10-4-5-12-9(3)8(10)2/h4-5,7,14H,6H2,1-3H3,(H,13,15)/t7-/m0/s1. The highest BCUT2D eigenvalue weighted by atomic mass is 16.3. The van der Waals surface area contributed by atoms with Gasteiger partial charge in [-0.15, -0.1) is 0 Å². The summed E-state index contributed by atoms with van der Waals surface area (Å²) in [5.41, 5.74) is 2.34. The first-order chi connectivity index (χ1) is 7.02. The molecule has 0 radical (unpaired) electrons. The first kappa shape index (κ1) is 11.7. The molecule has 0 fully saturated rings. The lowest BCUT2D eigenvalue weighted by Gasteiger charge is -2.09. The van der Waals surface area contributed by atoms with E-state index in [4.69, 9.17) is 5.11 Å². The molecule has 0 saturated heterocycles. The van der Waals surface area contributed by atoms with Crippen molar-refractivity contribution in [1.29, 1.82) is 0 Å². The third-order valence-corrected chi connectivity index (χ3v) is 2.26. The van der Waals surface area contributed by atoms with Gasteiger partial charge in [-0.1, -0.05) is 0 Å². The summed E-state index contributed by atoms with van der Waals surface area (Å²) >= 11 is 0. The van der Waals surface area contributed by atoms with Gasteiger partial charge in [0.05, 0.1) is 6.10 Å². The van der Waals surface area contributed by atoms with Gasteiger partial charge in [0.2, 0.25) is 0 Å². The van der Waals surface area contributed by atoms with Gasteiger partial charge >= 0.3 is 0 Å². The minimum absolute atomic E-state index is 0.168. The van der Waals surface area contributed by atoms with Gasteiger partial charge < -0.3 is 10.4 Å². The second-order valence-corrected chi connectivity index (χ2v) is 3.63. The number of aliphatic hydroxyl groups is 1. The highest BCUT2D eigenvalue weighted by Crippen LogP contribution is 2.09. The predicted molar refractivity (Wildman–Crippen MR) is 57.7 cm³/mol. The summed E-state index contributed by atoms with van der Waals surface area (Å²) in [6.07, 6.45) is 1.08. The van der Waals surface area contributed by atoms with Crippen LogP contribution < -0.4 is 5.32 Å². The summed E-state index contributed by atoms with van der Waals surface area (Å²) in [5.74, 6) is -0.168. The zero-order chi connectivity index (χ0) is 11.4. The molecule has 1 aromatic rings. The smallest absolute Gasteiger partial charge is 0.251 e. The maximum absolute atomic E-state index is 11.7. The van der Waals surface area contributed by atoms with Gasteiger partial charge in [0.15, 0.2) is 0 Å². The second kappa shape index (κ2) is 4.89. The molecule has 4 nitrogen and oxygen atoms in total. The van der Waals surface area contributed by atoms with E-state index in [2.05, 4.69) is 10.3 Å². The fourth-order valence-electron chi connectivity index (χ4n) is 1.22. The largest absolute Gasteiger partial charge is 0.392 e. The molecule has 1 atom stereocenters. The van der Waals surface area contributed by atoms with Crippen LogP contribution in [0.3, 0.4) is 0 Å². The Labute approximate surface area is 89.3 Å². The van der Waals surface area contributed by atoms with Gasteiger partial charge in [-0.2, -0.15) is 0 Å². The van der Waals surface area contributed by atoms with Crippen LogP contribution in [0.2, 0.25) is 0 Å². The summed E-state index contributed by atoms with van der Waals surface area (Å²) in [6.45, 7) is 5.62. The Morgan fingerprint density at radius 1 is 1.60 bits per heavy atom. The maximum atomic E-state index is 11.7. The van der Waals surface area contributed by atoms with Gasteiger partial charge in [0, 0.05) is 24.0 Å². The van der Waals surface area contributed by atoms with Crippen molar-refractivity contribution in [1.82, 2.24) is 10.3 Å². The highest BCUT2D eigenvalue weighted by Gasteiger charge is 2.10. The van der Waals surface area contributed by atoms with E-state index in [1.54, 1.807) is 19.2 Å². The van der Waals surface area contributed by atoms with Crippen LogP contribution in [-0.2, 0) is 0 Å². The molecule has 1 rings (SSSR count). The van der Waals surface area contributed by atoms with Crippen LogP contribution in [0.5, 0.6) is 0 Å². The third-order valence-electron chi connectivity index (χ3n) is 2.26. The SMILES string of the molecule is Cc1nccc(C(=O)NC[C@H](C)O)c1C. The molecule has 4 heteroatoms. The number of aromatic nitrogens is 1. The van der Waals surface area contributed by atoms with E-state index < -0.39 is 6.10 Å². The number of aliphatic hydroxyl groups excluding tert-OH is 1. The molecule has 82 valence electrons. The molecule has 0 spiro atoms. The van der Waals surface area contributed by atoms with E-state index in [-0.39, 0.29) is 12.5 Å². The van der Waals surface area contributed by atoms with E-state index in [0.29, 0.717) is 5.56 Å². The van der Waals surface area contributed by atoms with Crippen molar-refractivity contribution in [3.8, 4) is 0 Å². The molecule has 0 aliphatic carbocycles. The Morgan fingerprint density at radius 3 is 2.87 bits per heavy atom. The summed E-state index contributed by atoms with van der Waals surface area (Å²) < 4.78 is 0. The minimum Gasteiger partial charge on any atom is -0.392 e. The van der Waals surface area contributed by atoms with Gasteiger partial charge in [-0.3, -0.25) is 9.78 Å². The molecule has 0 bridgehead atoms. The van der Waals surface area contributed by atoms with Crippen molar-refractivity contribution < 1.29 is 9.90 Å². The van der Waals surface area contributed by atoms with E-state index >= 15 is 0 Å². The molecule has 0 aromatic carbocycles. The summed E-state index contributed by atoms with van der Waals surface area (Å²) in [4.78, 5) is 15.8. The topological polar surface area (TPSA) is 62.2 Å². The lowest BCUT2D eigenvalue weighted by Crippen LogP contribution is -2.31. The zero-order valence-corrected chi connectivity index (χ0v) is 9.24. The second-order valence-electron chi connectivity index (χ2n) is 3.63. The summed E-state index contributed by atoms with van der Waals surface area (Å²) in [7, 11) is 0. The first-order valence-electron chi connectivity index (χ1n) is 4.91. The van der Waals surface area contributed by atoms with Crippen molar-refractivity contribution in [2.24, 2.45) is 0 Å². The number of hydrogen-bond acceptors (Lipinski definition) is 3. The number of nitrogens with one attached hydrogen (secondary N) is 1. The number of carbonyl (C=O) groups is 1. The molecular formula is C11H16N2O2. The number of pyridine rings is 1. The van der Waals surface area contributed by atoms with Gasteiger partial charge in [0.25, 0.3) is 5.91 Å². The third kappa shape index (κ3) is 3.02. The van der Waals surface area contributed by atoms with Crippen LogP contribution in [0, 0.1) is 13.8 Å². The fourth-order valence-corrected chi connectivity index (χ4v) is 1.22. The molecule has 1 heterocycles. The minimum atomic E-state index is -0.530. The average Bonchev–Trinajstić information content (AvgIpc) is 2.18. The Bertz CT molecular complexity index is 362. The number of hydrogen-bond donors (Lipinski definition) is 2. The van der Waals surface area contributed by atoms with Crippen LogP contribution in [-0.4, -0.2) is 28.6 Å². The number of carbonyl (C=O) groups excluding carboxylic acids is 1. The number of aryl methyl sites for hydroxylation is 1. The van der Waals surface area contributed by atoms with Crippen molar-refractivity contribution in [3.63, 3.8) is 0 Å². The molecule has 1 amide bonds. The lowest BCUT2D eigenvalue weighted by atomic mass is 10.1. The first-order valence-corrected chi connectivity index (χ1v) is 4.91. The Morgan fingerprint density at radius 2 is 2.27 bits per heavy atom. The average molecular weight is 208 g/mol. The molecule has 0 aliphatic heterocycles. The molecule has 2 N–H and O–H groups in total. The van der Waals surface area contributed by atoms with Crippen molar-refractivity contribution in [3.05, 3.63) is 29.1 Å². The molecular weight excluding hydrogens is 192 g/mol. The molecule has 15 heavy (non-hydrogen) atoms. The van der Waals surface area contributed by atoms with Crippen LogP contribution >= 0.6 is 0 Å². The van der Waals surface area contributed by atoms with Crippen LogP contribution in [0.4, 0.5) is 0 Å². The maximum Gasteiger partial charge on any atom is 0.251 e. The van der Waals surface area contributed by atoms with Crippen LogP contribution in [0.15, 0.2) is 12.3 Å². The van der Waals surface area contributed by atoms with E-state index in [1.165, 1.54) is 0 Å². The Balaban J connectivity index is 2.78. The van der Waals surface area contributed by atoms with Gasteiger partial charge in [-0.25, -0.2) is 0 Å². The Hall–Kier alpha value is -1.42. The molecule has 0 aliphatic rings. The number of amides is 1. The monoisotopic (exact) mass is 208 g/mol.